The van der Waals surface area contributed by atoms with Crippen molar-refractivity contribution >= 4 is 27.9 Å². The van der Waals surface area contributed by atoms with Gasteiger partial charge in [0.25, 0.3) is 0 Å². The van der Waals surface area contributed by atoms with Crippen LogP contribution in [0.3, 0.4) is 0 Å². The van der Waals surface area contributed by atoms with Crippen molar-refractivity contribution in [3.63, 3.8) is 0 Å². The standard InChI is InChI=1S/C5H8ClN3S/c6-4-1-2-5(10-4)8-3-9-7/h1-2,8-9H,3,7H2. The number of hydrazine groups is 1. The normalized spacial score (nSPS) is 9.80. The molecule has 56 valence electrons. The van der Waals surface area contributed by atoms with Crippen LogP contribution >= 0.6 is 22.9 Å². The molecular formula is C5H8ClN3S. The number of thiophene rings is 1. The number of rotatable bonds is 3. The minimum Gasteiger partial charge on any atom is -0.363 e. The zero-order valence-corrected chi connectivity index (χ0v) is 6.80. The summed E-state index contributed by atoms with van der Waals surface area (Å²) >= 11 is 7.15. The van der Waals surface area contributed by atoms with Gasteiger partial charge in [0, 0.05) is 0 Å². The van der Waals surface area contributed by atoms with Gasteiger partial charge in [-0.1, -0.05) is 11.6 Å². The summed E-state index contributed by atoms with van der Waals surface area (Å²) in [5.41, 5.74) is 2.48. The average Bonchev–Trinajstić information content (AvgIpc) is 2.31. The van der Waals surface area contributed by atoms with Crippen LogP contribution in [0.1, 0.15) is 0 Å². The average molecular weight is 178 g/mol. The molecule has 0 saturated heterocycles. The summed E-state index contributed by atoms with van der Waals surface area (Å²) in [4.78, 5) is 0. The highest BCUT2D eigenvalue weighted by Gasteiger charge is 1.93. The Morgan fingerprint density at radius 2 is 2.40 bits per heavy atom. The first-order valence-corrected chi connectivity index (χ1v) is 3.95. The molecule has 0 unspecified atom stereocenters. The third-order valence-corrected chi connectivity index (χ3v) is 2.13. The molecule has 0 radical (unpaired) electrons. The molecule has 0 atom stereocenters. The monoisotopic (exact) mass is 177 g/mol. The van der Waals surface area contributed by atoms with Crippen molar-refractivity contribution in [2.75, 3.05) is 12.0 Å². The van der Waals surface area contributed by atoms with E-state index in [2.05, 4.69) is 10.7 Å². The molecule has 0 aliphatic carbocycles. The van der Waals surface area contributed by atoms with E-state index in [4.69, 9.17) is 17.4 Å². The lowest BCUT2D eigenvalue weighted by Crippen LogP contribution is -2.27. The minimum atomic E-state index is 0.552. The molecule has 0 spiro atoms. The van der Waals surface area contributed by atoms with Crippen LogP contribution in [0, 0.1) is 0 Å². The van der Waals surface area contributed by atoms with Crippen LogP contribution in [0.15, 0.2) is 12.1 Å². The molecule has 0 aromatic carbocycles. The maximum Gasteiger partial charge on any atom is 0.0950 e. The largest absolute Gasteiger partial charge is 0.363 e. The van der Waals surface area contributed by atoms with Crippen LogP contribution in [0.2, 0.25) is 4.34 Å². The van der Waals surface area contributed by atoms with Gasteiger partial charge >= 0.3 is 0 Å². The fraction of sp³-hybridized carbons (Fsp3) is 0.200. The van der Waals surface area contributed by atoms with Crippen molar-refractivity contribution in [1.82, 2.24) is 5.43 Å². The van der Waals surface area contributed by atoms with Crippen molar-refractivity contribution < 1.29 is 0 Å². The minimum absolute atomic E-state index is 0.552. The van der Waals surface area contributed by atoms with E-state index >= 15 is 0 Å². The zero-order valence-electron chi connectivity index (χ0n) is 5.23. The number of halogens is 1. The molecule has 1 aromatic rings. The molecule has 3 nitrogen and oxygen atoms in total. The van der Waals surface area contributed by atoms with Crippen molar-refractivity contribution in [2.24, 2.45) is 5.84 Å². The molecule has 0 aliphatic heterocycles. The molecule has 4 N–H and O–H groups in total. The SMILES string of the molecule is NNCNc1ccc(Cl)s1. The molecule has 0 fully saturated rings. The second-order valence-electron chi connectivity index (χ2n) is 1.66. The van der Waals surface area contributed by atoms with Gasteiger partial charge in [0.1, 0.15) is 0 Å². The van der Waals surface area contributed by atoms with Gasteiger partial charge in [-0.2, -0.15) is 0 Å². The van der Waals surface area contributed by atoms with Gasteiger partial charge in [-0.05, 0) is 12.1 Å². The van der Waals surface area contributed by atoms with Crippen LogP contribution in [-0.4, -0.2) is 6.67 Å². The molecule has 10 heavy (non-hydrogen) atoms. The van der Waals surface area contributed by atoms with E-state index in [1.807, 2.05) is 12.1 Å². The Morgan fingerprint density at radius 3 is 2.90 bits per heavy atom. The summed E-state index contributed by atoms with van der Waals surface area (Å²) in [6, 6.07) is 3.75. The number of hydrogen-bond acceptors (Lipinski definition) is 4. The first-order chi connectivity index (χ1) is 4.83. The van der Waals surface area contributed by atoms with Gasteiger partial charge in [0.15, 0.2) is 0 Å². The Bertz CT molecular complexity index is 201. The molecule has 0 amide bonds. The third kappa shape index (κ3) is 2.15. The van der Waals surface area contributed by atoms with E-state index in [0.717, 1.165) is 9.34 Å². The van der Waals surface area contributed by atoms with E-state index in [9.17, 15) is 0 Å². The van der Waals surface area contributed by atoms with E-state index in [1.165, 1.54) is 11.3 Å². The predicted molar refractivity (Wildman–Crippen MR) is 45.1 cm³/mol. The van der Waals surface area contributed by atoms with Crippen molar-refractivity contribution in [3.05, 3.63) is 16.5 Å². The van der Waals surface area contributed by atoms with Crippen LogP contribution in [0.25, 0.3) is 0 Å². The van der Waals surface area contributed by atoms with Gasteiger partial charge in [-0.25, -0.2) is 5.43 Å². The zero-order chi connectivity index (χ0) is 7.40. The van der Waals surface area contributed by atoms with Gasteiger partial charge in [0.05, 0.1) is 16.0 Å². The lowest BCUT2D eigenvalue weighted by Gasteiger charge is -1.98. The summed E-state index contributed by atoms with van der Waals surface area (Å²) in [5, 5.41) is 4.03. The molecular weight excluding hydrogens is 170 g/mol. The maximum absolute atomic E-state index is 5.67. The highest BCUT2D eigenvalue weighted by atomic mass is 35.5. The van der Waals surface area contributed by atoms with E-state index < -0.39 is 0 Å². The van der Waals surface area contributed by atoms with Crippen LogP contribution in [-0.2, 0) is 0 Å². The third-order valence-electron chi connectivity index (χ3n) is 0.938. The van der Waals surface area contributed by atoms with E-state index in [1.54, 1.807) is 0 Å². The van der Waals surface area contributed by atoms with E-state index in [0.29, 0.717) is 6.67 Å². The van der Waals surface area contributed by atoms with Crippen LogP contribution in [0.4, 0.5) is 5.00 Å². The Morgan fingerprint density at radius 1 is 1.60 bits per heavy atom. The Labute approximate surface area is 68.1 Å². The maximum atomic E-state index is 5.67. The fourth-order valence-corrected chi connectivity index (χ4v) is 1.49. The molecule has 0 saturated carbocycles. The van der Waals surface area contributed by atoms with Crippen molar-refractivity contribution in [3.8, 4) is 0 Å². The first-order valence-electron chi connectivity index (χ1n) is 2.75. The Balaban J connectivity index is 2.42. The second kappa shape index (κ2) is 3.78. The van der Waals surface area contributed by atoms with Gasteiger partial charge in [-0.15, -0.1) is 11.3 Å². The first kappa shape index (κ1) is 7.81. The van der Waals surface area contributed by atoms with E-state index in [-0.39, 0.29) is 0 Å². The van der Waals surface area contributed by atoms with Crippen molar-refractivity contribution in [2.45, 2.75) is 0 Å². The highest BCUT2D eigenvalue weighted by Crippen LogP contribution is 2.25. The number of nitrogens with one attached hydrogen (secondary N) is 2. The second-order valence-corrected chi connectivity index (χ2v) is 3.38. The van der Waals surface area contributed by atoms with Crippen LogP contribution < -0.4 is 16.6 Å². The lowest BCUT2D eigenvalue weighted by molar-refractivity contribution is 0.792. The van der Waals surface area contributed by atoms with Gasteiger partial charge in [0.2, 0.25) is 0 Å². The molecule has 0 aliphatic rings. The number of anilines is 1. The number of hydrogen-bond donors (Lipinski definition) is 3. The summed E-state index contributed by atoms with van der Waals surface area (Å²) in [7, 11) is 0. The predicted octanol–water partition coefficient (Wildman–Crippen LogP) is 1.23. The molecule has 1 aromatic heterocycles. The Hall–Kier alpha value is -0.290. The number of nitrogens with two attached hydrogens (primary N) is 1. The highest BCUT2D eigenvalue weighted by molar-refractivity contribution is 7.19. The molecule has 0 bridgehead atoms. The summed E-state index contributed by atoms with van der Waals surface area (Å²) in [6.07, 6.45) is 0. The quantitative estimate of drug-likeness (QED) is 0.370. The van der Waals surface area contributed by atoms with Crippen LogP contribution in [0.5, 0.6) is 0 Å². The lowest BCUT2D eigenvalue weighted by atomic mass is 10.6. The smallest absolute Gasteiger partial charge is 0.0950 e. The van der Waals surface area contributed by atoms with Gasteiger partial charge in [-0.3, -0.25) is 5.84 Å². The summed E-state index contributed by atoms with van der Waals surface area (Å²) in [6.45, 7) is 0.552. The molecule has 1 rings (SSSR count). The van der Waals surface area contributed by atoms with Gasteiger partial charge < -0.3 is 5.32 Å². The Kier molecular flexibility index (Phi) is 2.95. The fourth-order valence-electron chi connectivity index (χ4n) is 0.547. The summed E-state index contributed by atoms with van der Waals surface area (Å²) in [5.74, 6) is 5.04. The topological polar surface area (TPSA) is 50.1 Å². The molecule has 5 heteroatoms. The summed E-state index contributed by atoms with van der Waals surface area (Å²) < 4.78 is 0.777. The van der Waals surface area contributed by atoms with Crippen molar-refractivity contribution in [1.29, 1.82) is 0 Å². The molecule has 1 heterocycles.